The molecule has 8 nitrogen and oxygen atoms in total. The third-order valence-corrected chi connectivity index (χ3v) is 2.92. The van der Waals surface area contributed by atoms with Crippen molar-refractivity contribution >= 4 is 46.0 Å². The minimum absolute atomic E-state index is 0.174. The van der Waals surface area contributed by atoms with Crippen LogP contribution in [0.25, 0.3) is 0 Å². The Bertz CT molecular complexity index is 621. The molecule has 1 aromatic heterocycles. The zero-order valence-electron chi connectivity index (χ0n) is 9.86. The Hall–Kier alpha value is -2.26. The van der Waals surface area contributed by atoms with E-state index in [4.69, 9.17) is 16.7 Å². The van der Waals surface area contributed by atoms with E-state index >= 15 is 0 Å². The molecule has 2 N–H and O–H groups in total. The molecule has 2 aromatic rings. The highest BCUT2D eigenvalue weighted by Crippen LogP contribution is 2.20. The highest BCUT2D eigenvalue weighted by Gasteiger charge is 2.20. The molecule has 0 unspecified atom stereocenters. The Balaban J connectivity index is 2.22. The van der Waals surface area contributed by atoms with Crippen molar-refractivity contribution in [2.75, 3.05) is 16.8 Å². The first-order valence-corrected chi connectivity index (χ1v) is 6.42. The van der Waals surface area contributed by atoms with E-state index in [1.54, 1.807) is 18.2 Å². The molecule has 0 radical (unpaired) electrons. The number of carboxylic acid groups (broad SMARTS) is 1. The van der Waals surface area contributed by atoms with Crippen LogP contribution in [0.1, 0.15) is 0 Å². The number of nitrogens with zero attached hydrogens (tertiary/aromatic N) is 4. The number of aromatic nitrogens is 3. The fraction of sp³-hybridized carbons (Fsp3) is 0.100. The van der Waals surface area contributed by atoms with Crippen molar-refractivity contribution in [2.45, 2.75) is 0 Å². The number of hydrogen-bond acceptors (Lipinski definition) is 6. The van der Waals surface area contributed by atoms with Crippen molar-refractivity contribution in [3.05, 3.63) is 29.3 Å². The Morgan fingerprint density at radius 2 is 2.25 bits per heavy atom. The number of hydrogen-bond donors (Lipinski definition) is 2. The van der Waals surface area contributed by atoms with Gasteiger partial charge in [0.25, 0.3) is 0 Å². The van der Waals surface area contributed by atoms with E-state index in [2.05, 4.69) is 20.1 Å². The summed E-state index contributed by atoms with van der Waals surface area (Å²) in [6.45, 7) is -0.515. The van der Waals surface area contributed by atoms with E-state index in [1.807, 2.05) is 0 Å². The number of nitrogens with one attached hydrogen (secondary N) is 1. The second-order valence-electron chi connectivity index (χ2n) is 3.56. The van der Waals surface area contributed by atoms with Crippen molar-refractivity contribution in [2.24, 2.45) is 0 Å². The summed E-state index contributed by atoms with van der Waals surface area (Å²) in [4.78, 5) is 24.0. The SMILES string of the molecule is O=C(O)CN(C(=O)Nc1nnns1)c1cccc(Cl)c1. The molecule has 1 aromatic carbocycles. The van der Waals surface area contributed by atoms with Crippen LogP contribution in [0.2, 0.25) is 5.02 Å². The van der Waals surface area contributed by atoms with Crippen molar-refractivity contribution in [3.8, 4) is 0 Å². The number of amides is 2. The van der Waals surface area contributed by atoms with E-state index in [0.29, 0.717) is 10.7 Å². The third kappa shape index (κ3) is 3.62. The molecule has 0 saturated carbocycles. The lowest BCUT2D eigenvalue weighted by molar-refractivity contribution is -0.135. The number of aliphatic carboxylic acids is 1. The Kier molecular flexibility index (Phi) is 4.43. The minimum Gasteiger partial charge on any atom is -0.480 e. The predicted molar refractivity (Wildman–Crippen MR) is 73.2 cm³/mol. The molecule has 0 aliphatic rings. The monoisotopic (exact) mass is 313 g/mol. The number of halogens is 1. The summed E-state index contributed by atoms with van der Waals surface area (Å²) >= 11 is 6.72. The summed E-state index contributed by atoms with van der Waals surface area (Å²) in [5.41, 5.74) is 0.356. The molecule has 10 heteroatoms. The number of rotatable bonds is 4. The molecular formula is C10H8ClN5O3S. The first kappa shape index (κ1) is 14.2. The van der Waals surface area contributed by atoms with Gasteiger partial charge in [0, 0.05) is 22.2 Å². The highest BCUT2D eigenvalue weighted by molar-refractivity contribution is 7.09. The predicted octanol–water partition coefficient (Wildman–Crippen LogP) is 1.71. The standard InChI is InChI=1S/C10H8ClN5O3S/c11-6-2-1-3-7(4-6)16(5-8(17)18)10(19)12-9-13-14-15-20-9/h1-4H,5H2,(H,17,18)(H,12,13,15,19). The van der Waals surface area contributed by atoms with Gasteiger partial charge in [-0.05, 0) is 23.4 Å². The lowest BCUT2D eigenvalue weighted by Gasteiger charge is -2.20. The van der Waals surface area contributed by atoms with Gasteiger partial charge in [0.05, 0.1) is 0 Å². The fourth-order valence-corrected chi connectivity index (χ4v) is 1.94. The van der Waals surface area contributed by atoms with Crippen molar-refractivity contribution < 1.29 is 14.7 Å². The summed E-state index contributed by atoms with van der Waals surface area (Å²) < 4.78 is 3.49. The summed E-state index contributed by atoms with van der Waals surface area (Å²) in [5, 5.41) is 18.8. The average Bonchev–Trinajstić information content (AvgIpc) is 2.88. The summed E-state index contributed by atoms with van der Waals surface area (Å²) in [6, 6.07) is 5.64. The molecule has 0 aliphatic carbocycles. The largest absolute Gasteiger partial charge is 0.480 e. The van der Waals surface area contributed by atoms with Gasteiger partial charge in [0.2, 0.25) is 5.13 Å². The van der Waals surface area contributed by atoms with Crippen LogP contribution < -0.4 is 10.2 Å². The van der Waals surface area contributed by atoms with Crippen LogP contribution in [-0.2, 0) is 4.79 Å². The Morgan fingerprint density at radius 1 is 1.45 bits per heavy atom. The Morgan fingerprint density at radius 3 is 2.85 bits per heavy atom. The van der Waals surface area contributed by atoms with E-state index < -0.39 is 18.5 Å². The molecule has 0 bridgehead atoms. The second kappa shape index (κ2) is 6.26. The fourth-order valence-electron chi connectivity index (χ4n) is 1.40. The third-order valence-electron chi connectivity index (χ3n) is 2.17. The van der Waals surface area contributed by atoms with E-state index in [0.717, 1.165) is 16.4 Å². The molecule has 20 heavy (non-hydrogen) atoms. The van der Waals surface area contributed by atoms with Crippen LogP contribution in [0.4, 0.5) is 15.6 Å². The van der Waals surface area contributed by atoms with Crippen LogP contribution in [-0.4, -0.2) is 38.5 Å². The van der Waals surface area contributed by atoms with Crippen molar-refractivity contribution in [1.29, 1.82) is 0 Å². The van der Waals surface area contributed by atoms with Gasteiger partial charge in [-0.3, -0.25) is 15.0 Å². The van der Waals surface area contributed by atoms with Crippen molar-refractivity contribution in [1.82, 2.24) is 14.8 Å². The first-order valence-electron chi connectivity index (χ1n) is 5.27. The van der Waals surface area contributed by atoms with Gasteiger partial charge in [-0.15, -0.1) is 0 Å². The molecule has 0 spiro atoms. The second-order valence-corrected chi connectivity index (χ2v) is 4.73. The topological polar surface area (TPSA) is 108 Å². The molecule has 0 aliphatic heterocycles. The maximum Gasteiger partial charge on any atom is 0.328 e. The smallest absolute Gasteiger partial charge is 0.328 e. The van der Waals surface area contributed by atoms with Crippen LogP contribution >= 0.6 is 23.1 Å². The Labute approximate surface area is 122 Å². The number of carbonyl (C=O) groups is 2. The lowest BCUT2D eigenvalue weighted by Crippen LogP contribution is -2.38. The normalized spacial score (nSPS) is 10.1. The van der Waals surface area contributed by atoms with E-state index in [-0.39, 0.29) is 5.13 Å². The number of benzene rings is 1. The number of anilines is 2. The van der Waals surface area contributed by atoms with Crippen LogP contribution in [0, 0.1) is 0 Å². The van der Waals surface area contributed by atoms with Gasteiger partial charge < -0.3 is 5.11 Å². The molecule has 104 valence electrons. The quantitative estimate of drug-likeness (QED) is 0.889. The van der Waals surface area contributed by atoms with Crippen LogP contribution in [0.5, 0.6) is 0 Å². The zero-order valence-corrected chi connectivity index (χ0v) is 11.4. The maximum absolute atomic E-state index is 12.1. The van der Waals surface area contributed by atoms with Gasteiger partial charge >= 0.3 is 12.0 Å². The summed E-state index contributed by atoms with van der Waals surface area (Å²) in [5.74, 6) is -1.16. The lowest BCUT2D eigenvalue weighted by atomic mass is 10.3. The van der Waals surface area contributed by atoms with Gasteiger partial charge in [0.1, 0.15) is 6.54 Å². The molecule has 0 atom stereocenters. The van der Waals surface area contributed by atoms with Gasteiger partial charge in [-0.1, -0.05) is 27.3 Å². The maximum atomic E-state index is 12.1. The molecule has 1 heterocycles. The number of carbonyl (C=O) groups excluding carboxylic acids is 1. The van der Waals surface area contributed by atoms with Crippen LogP contribution in [0.15, 0.2) is 24.3 Å². The van der Waals surface area contributed by atoms with E-state index in [9.17, 15) is 9.59 Å². The molecule has 0 saturated heterocycles. The number of urea groups is 1. The molecule has 2 amide bonds. The molecule has 0 fully saturated rings. The van der Waals surface area contributed by atoms with Crippen molar-refractivity contribution in [3.63, 3.8) is 0 Å². The summed E-state index contributed by atoms with van der Waals surface area (Å²) in [7, 11) is 0. The number of carboxylic acids is 1. The van der Waals surface area contributed by atoms with Crippen LogP contribution in [0.3, 0.4) is 0 Å². The summed E-state index contributed by atoms with van der Waals surface area (Å²) in [6.07, 6.45) is 0. The molecular weight excluding hydrogens is 306 g/mol. The first-order chi connectivity index (χ1) is 9.56. The average molecular weight is 314 g/mol. The van der Waals surface area contributed by atoms with Gasteiger partial charge in [-0.2, -0.15) is 0 Å². The molecule has 2 rings (SSSR count). The van der Waals surface area contributed by atoms with E-state index in [1.165, 1.54) is 6.07 Å². The zero-order chi connectivity index (χ0) is 14.5. The van der Waals surface area contributed by atoms with Gasteiger partial charge in [0.15, 0.2) is 0 Å². The van der Waals surface area contributed by atoms with Gasteiger partial charge in [-0.25, -0.2) is 4.79 Å². The minimum atomic E-state index is -1.16. The highest BCUT2D eigenvalue weighted by atomic mass is 35.5.